The minimum Gasteiger partial charge on any atom is -0.0654 e. The molecule has 1 rings (SSSR count). The summed E-state index contributed by atoms with van der Waals surface area (Å²) in [5.41, 5.74) is 8.67. The Hall–Kier alpha value is -0.780. The third-order valence-corrected chi connectivity index (χ3v) is 8.11. The number of unbranched alkanes of at least 4 members (excludes halogenated alkanes) is 15. The lowest BCUT2D eigenvalue weighted by Crippen LogP contribution is -2.18. The SMILES string of the molecule is CCCCCCCCCCc1c(C(C)(C)C)cc(CCCC)c(C)c1CCCCCCCCCC. The van der Waals surface area contributed by atoms with E-state index >= 15 is 0 Å². The Morgan fingerprint density at radius 3 is 1.31 bits per heavy atom. The highest BCUT2D eigenvalue weighted by Crippen LogP contribution is 2.35. The van der Waals surface area contributed by atoms with Gasteiger partial charge in [0.1, 0.15) is 0 Å². The Balaban J connectivity index is 2.89. The minimum absolute atomic E-state index is 0.234. The zero-order valence-corrected chi connectivity index (χ0v) is 25.4. The van der Waals surface area contributed by atoms with Crippen molar-refractivity contribution in [3.63, 3.8) is 0 Å². The summed E-state index contributed by atoms with van der Waals surface area (Å²) in [5.74, 6) is 0. The van der Waals surface area contributed by atoms with Crippen molar-refractivity contribution in [2.45, 2.75) is 189 Å². The zero-order chi connectivity index (χ0) is 25.9. The molecule has 0 unspecified atom stereocenters. The van der Waals surface area contributed by atoms with Crippen LogP contribution in [0.3, 0.4) is 0 Å². The van der Waals surface area contributed by atoms with Crippen molar-refractivity contribution < 1.29 is 0 Å². The van der Waals surface area contributed by atoms with Crippen molar-refractivity contribution in [1.29, 1.82) is 0 Å². The van der Waals surface area contributed by atoms with E-state index < -0.39 is 0 Å². The number of hydrogen-bond acceptors (Lipinski definition) is 0. The van der Waals surface area contributed by atoms with Gasteiger partial charge in [-0.3, -0.25) is 0 Å². The van der Waals surface area contributed by atoms with Crippen LogP contribution in [0.5, 0.6) is 0 Å². The van der Waals surface area contributed by atoms with E-state index in [0.717, 1.165) is 0 Å². The molecule has 35 heavy (non-hydrogen) atoms. The van der Waals surface area contributed by atoms with Gasteiger partial charge >= 0.3 is 0 Å². The van der Waals surface area contributed by atoms with Gasteiger partial charge in [-0.1, -0.05) is 144 Å². The van der Waals surface area contributed by atoms with Gasteiger partial charge in [0.25, 0.3) is 0 Å². The topological polar surface area (TPSA) is 0 Å². The molecule has 0 radical (unpaired) electrons. The van der Waals surface area contributed by atoms with Crippen molar-refractivity contribution in [3.8, 4) is 0 Å². The van der Waals surface area contributed by atoms with Crippen molar-refractivity contribution in [2.24, 2.45) is 0 Å². The van der Waals surface area contributed by atoms with Gasteiger partial charge < -0.3 is 0 Å². The van der Waals surface area contributed by atoms with E-state index in [-0.39, 0.29) is 5.41 Å². The fraction of sp³-hybridized carbons (Fsp3) is 0.829. The summed E-state index contributed by atoms with van der Waals surface area (Å²) in [4.78, 5) is 0. The van der Waals surface area contributed by atoms with E-state index in [1.54, 1.807) is 27.8 Å². The highest BCUT2D eigenvalue weighted by atomic mass is 14.3. The Morgan fingerprint density at radius 2 is 0.886 bits per heavy atom. The van der Waals surface area contributed by atoms with E-state index in [2.05, 4.69) is 54.5 Å². The van der Waals surface area contributed by atoms with Crippen molar-refractivity contribution in [3.05, 3.63) is 33.9 Å². The average Bonchev–Trinajstić information content (AvgIpc) is 2.82. The van der Waals surface area contributed by atoms with Gasteiger partial charge in [0.15, 0.2) is 0 Å². The largest absolute Gasteiger partial charge is 0.0654 e. The highest BCUT2D eigenvalue weighted by Gasteiger charge is 2.23. The molecular weight excluding hydrogens is 420 g/mol. The van der Waals surface area contributed by atoms with Crippen LogP contribution in [0.2, 0.25) is 0 Å². The molecular formula is C35H64. The molecule has 0 bridgehead atoms. The van der Waals surface area contributed by atoms with Gasteiger partial charge in [0, 0.05) is 0 Å². The standard InChI is InChI=1S/C35H64/c1-8-11-14-16-18-20-22-24-27-32-30(4)31(26-13-10-3)29-34(35(5,6)7)33(32)28-25-23-21-19-17-15-12-9-2/h29H,8-28H2,1-7H3. The maximum atomic E-state index is 2.63. The first-order chi connectivity index (χ1) is 16.9. The van der Waals surface area contributed by atoms with Crippen LogP contribution in [0.4, 0.5) is 0 Å². The number of rotatable bonds is 21. The van der Waals surface area contributed by atoms with E-state index in [4.69, 9.17) is 0 Å². The molecule has 0 fully saturated rings. The first-order valence-electron chi connectivity index (χ1n) is 16.0. The van der Waals surface area contributed by atoms with Crippen LogP contribution in [0.15, 0.2) is 6.07 Å². The summed E-state index contributed by atoms with van der Waals surface area (Å²) in [5, 5.41) is 0. The van der Waals surface area contributed by atoms with Crippen LogP contribution in [-0.4, -0.2) is 0 Å². The molecule has 0 spiro atoms. The highest BCUT2D eigenvalue weighted by molar-refractivity contribution is 5.48. The number of hydrogen-bond donors (Lipinski definition) is 0. The van der Waals surface area contributed by atoms with Gasteiger partial charge in [0.2, 0.25) is 0 Å². The lowest BCUT2D eigenvalue weighted by molar-refractivity contribution is 0.555. The van der Waals surface area contributed by atoms with E-state index in [1.165, 1.54) is 135 Å². The quantitative estimate of drug-likeness (QED) is 0.152. The molecule has 0 heterocycles. The first kappa shape index (κ1) is 32.2. The van der Waals surface area contributed by atoms with E-state index in [0.29, 0.717) is 0 Å². The van der Waals surface area contributed by atoms with Gasteiger partial charge in [-0.05, 0) is 78.7 Å². The van der Waals surface area contributed by atoms with Crippen LogP contribution in [-0.2, 0) is 24.7 Å². The third-order valence-electron chi connectivity index (χ3n) is 8.11. The number of aryl methyl sites for hydroxylation is 1. The van der Waals surface area contributed by atoms with Crippen LogP contribution < -0.4 is 0 Å². The monoisotopic (exact) mass is 485 g/mol. The normalized spacial score (nSPS) is 12.0. The summed E-state index contributed by atoms with van der Waals surface area (Å²) in [6, 6.07) is 2.63. The molecule has 0 saturated carbocycles. The molecule has 0 atom stereocenters. The zero-order valence-electron chi connectivity index (χ0n) is 25.4. The lowest BCUT2D eigenvalue weighted by atomic mass is 9.76. The summed E-state index contributed by atoms with van der Waals surface area (Å²) >= 11 is 0. The molecule has 0 amide bonds. The second kappa shape index (κ2) is 19.3. The van der Waals surface area contributed by atoms with Crippen LogP contribution in [0.25, 0.3) is 0 Å². The molecule has 204 valence electrons. The predicted octanol–water partition coefficient (Wildman–Crippen LogP) is 12.0. The maximum Gasteiger partial charge on any atom is -0.0129 e. The molecule has 1 aromatic rings. The summed E-state index contributed by atoms with van der Waals surface area (Å²) in [6.07, 6.45) is 29.0. The van der Waals surface area contributed by atoms with Crippen molar-refractivity contribution in [2.75, 3.05) is 0 Å². The first-order valence-corrected chi connectivity index (χ1v) is 16.0. The van der Waals surface area contributed by atoms with Gasteiger partial charge in [0.05, 0.1) is 0 Å². The lowest BCUT2D eigenvalue weighted by Gasteiger charge is -2.29. The van der Waals surface area contributed by atoms with Crippen LogP contribution in [0, 0.1) is 6.92 Å². The average molecular weight is 485 g/mol. The van der Waals surface area contributed by atoms with E-state index in [9.17, 15) is 0 Å². The molecule has 0 nitrogen and oxygen atoms in total. The van der Waals surface area contributed by atoms with Gasteiger partial charge in [-0.2, -0.15) is 0 Å². The molecule has 0 aliphatic heterocycles. The summed E-state index contributed by atoms with van der Waals surface area (Å²) in [6.45, 7) is 16.7. The van der Waals surface area contributed by atoms with E-state index in [1.807, 2.05) is 0 Å². The molecule has 0 aliphatic carbocycles. The van der Waals surface area contributed by atoms with Gasteiger partial charge in [-0.25, -0.2) is 0 Å². The molecule has 0 aromatic heterocycles. The Labute approximate surface area is 222 Å². The van der Waals surface area contributed by atoms with Crippen LogP contribution >= 0.6 is 0 Å². The smallest absolute Gasteiger partial charge is 0.0129 e. The fourth-order valence-corrected chi connectivity index (χ4v) is 5.74. The molecule has 0 saturated heterocycles. The maximum absolute atomic E-state index is 2.63. The Kier molecular flexibility index (Phi) is 17.8. The Morgan fingerprint density at radius 1 is 0.486 bits per heavy atom. The Bertz CT molecular complexity index is 645. The number of benzene rings is 1. The third kappa shape index (κ3) is 13.4. The second-order valence-corrected chi connectivity index (χ2v) is 12.5. The molecule has 0 aliphatic rings. The van der Waals surface area contributed by atoms with Gasteiger partial charge in [-0.15, -0.1) is 0 Å². The summed E-state index contributed by atoms with van der Waals surface area (Å²) < 4.78 is 0. The minimum atomic E-state index is 0.234. The molecule has 0 N–H and O–H groups in total. The summed E-state index contributed by atoms with van der Waals surface area (Å²) in [7, 11) is 0. The molecule has 0 heteroatoms. The second-order valence-electron chi connectivity index (χ2n) is 12.5. The van der Waals surface area contributed by atoms with Crippen molar-refractivity contribution in [1.82, 2.24) is 0 Å². The van der Waals surface area contributed by atoms with Crippen LogP contribution in [0.1, 0.15) is 185 Å². The predicted molar refractivity (Wildman–Crippen MR) is 161 cm³/mol. The fourth-order valence-electron chi connectivity index (χ4n) is 5.74. The molecule has 1 aromatic carbocycles. The van der Waals surface area contributed by atoms with Crippen molar-refractivity contribution >= 4 is 0 Å².